The summed E-state index contributed by atoms with van der Waals surface area (Å²) in [5.41, 5.74) is 1.72. The zero-order valence-corrected chi connectivity index (χ0v) is 18.3. The summed E-state index contributed by atoms with van der Waals surface area (Å²) in [6.45, 7) is 6.57. The van der Waals surface area contributed by atoms with Gasteiger partial charge in [0.1, 0.15) is 0 Å². The zero-order valence-electron chi connectivity index (χ0n) is 17.5. The number of sulfonamides is 1. The van der Waals surface area contributed by atoms with Gasteiger partial charge in [0.15, 0.2) is 0 Å². The second-order valence-electron chi connectivity index (χ2n) is 7.57. The fourth-order valence-corrected chi connectivity index (χ4v) is 4.68. The van der Waals surface area contributed by atoms with Gasteiger partial charge in [-0.25, -0.2) is 8.42 Å². The molecule has 1 heterocycles. The van der Waals surface area contributed by atoms with Crippen LogP contribution in [0.4, 0.5) is 5.69 Å². The maximum absolute atomic E-state index is 12.7. The van der Waals surface area contributed by atoms with Crippen molar-refractivity contribution in [3.05, 3.63) is 60.2 Å². The Bertz CT molecular complexity index is 925. The first-order valence-electron chi connectivity index (χ1n) is 10.1. The maximum atomic E-state index is 12.7. The van der Waals surface area contributed by atoms with Crippen molar-refractivity contribution < 1.29 is 17.9 Å². The number of carbonyl (C=O) groups is 1. The lowest BCUT2D eigenvalue weighted by Crippen LogP contribution is -2.40. The molecule has 3 rings (SSSR count). The van der Waals surface area contributed by atoms with E-state index in [1.165, 1.54) is 16.4 Å². The molecule has 2 aromatic rings. The molecule has 0 saturated carbocycles. The fraction of sp³-hybridized carbons (Fsp3) is 0.409. The molecule has 0 aliphatic carbocycles. The minimum Gasteiger partial charge on any atom is -0.379 e. The lowest BCUT2D eigenvalue weighted by Gasteiger charge is -2.26. The predicted octanol–water partition coefficient (Wildman–Crippen LogP) is 2.56. The number of morpholine rings is 1. The second-order valence-corrected chi connectivity index (χ2v) is 9.51. The van der Waals surface area contributed by atoms with Gasteiger partial charge in [-0.15, -0.1) is 0 Å². The van der Waals surface area contributed by atoms with Crippen molar-refractivity contribution in [1.82, 2.24) is 9.21 Å². The number of carbonyl (C=O) groups excluding carboxylic acids is 1. The summed E-state index contributed by atoms with van der Waals surface area (Å²) in [5.74, 6) is -0.136. The number of hydrogen-bond donors (Lipinski definition) is 1. The number of anilines is 1. The van der Waals surface area contributed by atoms with Gasteiger partial charge in [-0.05, 0) is 43.7 Å². The Labute approximate surface area is 178 Å². The number of nitrogens with zero attached hydrogens (tertiary/aromatic N) is 2. The number of nitrogens with one attached hydrogen (secondary N) is 1. The van der Waals surface area contributed by atoms with Crippen molar-refractivity contribution in [3.8, 4) is 0 Å². The highest BCUT2D eigenvalue weighted by Crippen LogP contribution is 2.19. The number of rotatable bonds is 8. The Hall–Kier alpha value is -2.26. The average Bonchev–Trinajstić information content (AvgIpc) is 2.75. The standard InChI is InChI=1S/C22H29N3O4S/c1-18(2)24(16-19-6-4-3-5-7-19)17-22(26)23-20-8-10-21(11-9-20)30(27,28)25-12-14-29-15-13-25/h3-11,18H,12-17H2,1-2H3,(H,23,26). The molecule has 0 atom stereocenters. The lowest BCUT2D eigenvalue weighted by atomic mass is 10.2. The summed E-state index contributed by atoms with van der Waals surface area (Å²) in [6.07, 6.45) is 0. The highest BCUT2D eigenvalue weighted by atomic mass is 32.2. The first-order valence-corrected chi connectivity index (χ1v) is 11.6. The van der Waals surface area contributed by atoms with Crippen molar-refractivity contribution in [1.29, 1.82) is 0 Å². The molecular formula is C22H29N3O4S. The van der Waals surface area contributed by atoms with Gasteiger partial charge in [-0.3, -0.25) is 9.69 Å². The van der Waals surface area contributed by atoms with E-state index in [0.717, 1.165) is 5.56 Å². The van der Waals surface area contributed by atoms with Crippen LogP contribution in [-0.2, 0) is 26.1 Å². The number of ether oxygens (including phenoxy) is 1. The van der Waals surface area contributed by atoms with Gasteiger partial charge in [0, 0.05) is 31.4 Å². The smallest absolute Gasteiger partial charge is 0.243 e. The van der Waals surface area contributed by atoms with Crippen molar-refractivity contribution >= 4 is 21.6 Å². The van der Waals surface area contributed by atoms with E-state index in [9.17, 15) is 13.2 Å². The molecule has 1 aliphatic rings. The summed E-state index contributed by atoms with van der Waals surface area (Å²) in [5, 5.41) is 2.86. The Kier molecular flexibility index (Phi) is 7.60. The van der Waals surface area contributed by atoms with Gasteiger partial charge in [-0.1, -0.05) is 30.3 Å². The van der Waals surface area contributed by atoms with E-state index < -0.39 is 10.0 Å². The SMILES string of the molecule is CC(C)N(CC(=O)Nc1ccc(S(=O)(=O)N2CCOCC2)cc1)Cc1ccccc1. The quantitative estimate of drug-likeness (QED) is 0.695. The molecule has 0 unspecified atom stereocenters. The third kappa shape index (κ3) is 5.89. The minimum atomic E-state index is -3.54. The number of benzene rings is 2. The van der Waals surface area contributed by atoms with Gasteiger partial charge in [0.05, 0.1) is 24.7 Å². The van der Waals surface area contributed by atoms with Crippen molar-refractivity contribution in [2.75, 3.05) is 38.2 Å². The van der Waals surface area contributed by atoms with Crippen molar-refractivity contribution in [2.45, 2.75) is 31.3 Å². The molecule has 30 heavy (non-hydrogen) atoms. The van der Waals surface area contributed by atoms with Gasteiger partial charge < -0.3 is 10.1 Å². The molecular weight excluding hydrogens is 402 g/mol. The highest BCUT2D eigenvalue weighted by Gasteiger charge is 2.26. The molecule has 1 N–H and O–H groups in total. The van der Waals surface area contributed by atoms with Crippen LogP contribution >= 0.6 is 0 Å². The normalized spacial score (nSPS) is 15.5. The van der Waals surface area contributed by atoms with Crippen LogP contribution in [0.5, 0.6) is 0 Å². The molecule has 0 bridgehead atoms. The van der Waals surface area contributed by atoms with Crippen molar-refractivity contribution in [3.63, 3.8) is 0 Å². The molecule has 1 amide bonds. The molecule has 2 aromatic carbocycles. The minimum absolute atomic E-state index is 0.136. The van der Waals surface area contributed by atoms with E-state index in [1.807, 2.05) is 30.3 Å². The topological polar surface area (TPSA) is 79.0 Å². The van der Waals surface area contributed by atoms with Gasteiger partial charge in [0.2, 0.25) is 15.9 Å². The van der Waals surface area contributed by atoms with Gasteiger partial charge in [-0.2, -0.15) is 4.31 Å². The number of amides is 1. The molecule has 0 spiro atoms. The Balaban J connectivity index is 1.60. The Morgan fingerprint density at radius 2 is 1.70 bits per heavy atom. The van der Waals surface area contributed by atoms with Gasteiger partial charge >= 0.3 is 0 Å². The summed E-state index contributed by atoms with van der Waals surface area (Å²) in [6, 6.07) is 16.6. The fourth-order valence-electron chi connectivity index (χ4n) is 3.27. The zero-order chi connectivity index (χ0) is 21.6. The summed E-state index contributed by atoms with van der Waals surface area (Å²) in [7, 11) is -3.54. The molecule has 162 valence electrons. The average molecular weight is 432 g/mol. The largest absolute Gasteiger partial charge is 0.379 e. The van der Waals surface area contributed by atoms with Crippen LogP contribution < -0.4 is 5.32 Å². The Morgan fingerprint density at radius 1 is 1.07 bits per heavy atom. The van der Waals surface area contributed by atoms with Crippen LogP contribution in [0.1, 0.15) is 19.4 Å². The second kappa shape index (κ2) is 10.2. The van der Waals surface area contributed by atoms with Crippen LogP contribution in [-0.4, -0.2) is 62.4 Å². The van der Waals surface area contributed by atoms with E-state index in [1.54, 1.807) is 12.1 Å². The van der Waals surface area contributed by atoms with E-state index in [0.29, 0.717) is 38.5 Å². The molecule has 0 aromatic heterocycles. The van der Waals surface area contributed by atoms with Gasteiger partial charge in [0.25, 0.3) is 0 Å². The van der Waals surface area contributed by atoms with Crippen LogP contribution in [0.15, 0.2) is 59.5 Å². The first-order chi connectivity index (χ1) is 14.4. The Morgan fingerprint density at radius 3 is 2.30 bits per heavy atom. The maximum Gasteiger partial charge on any atom is 0.243 e. The molecule has 8 heteroatoms. The summed E-state index contributed by atoms with van der Waals surface area (Å²) < 4.78 is 32.0. The molecule has 1 saturated heterocycles. The predicted molar refractivity (Wildman–Crippen MR) is 117 cm³/mol. The van der Waals surface area contributed by atoms with E-state index >= 15 is 0 Å². The van der Waals surface area contributed by atoms with Crippen LogP contribution in [0, 0.1) is 0 Å². The highest BCUT2D eigenvalue weighted by molar-refractivity contribution is 7.89. The van der Waals surface area contributed by atoms with E-state index in [-0.39, 0.29) is 23.4 Å². The molecule has 1 aliphatic heterocycles. The first kappa shape index (κ1) is 22.4. The molecule has 7 nitrogen and oxygen atoms in total. The molecule has 1 fully saturated rings. The summed E-state index contributed by atoms with van der Waals surface area (Å²) in [4.78, 5) is 14.9. The van der Waals surface area contributed by atoms with E-state index in [4.69, 9.17) is 4.74 Å². The van der Waals surface area contributed by atoms with Crippen LogP contribution in [0.25, 0.3) is 0 Å². The molecule has 0 radical (unpaired) electrons. The lowest BCUT2D eigenvalue weighted by molar-refractivity contribution is -0.117. The van der Waals surface area contributed by atoms with E-state index in [2.05, 4.69) is 24.1 Å². The third-order valence-electron chi connectivity index (χ3n) is 5.05. The van der Waals surface area contributed by atoms with Crippen LogP contribution in [0.3, 0.4) is 0 Å². The third-order valence-corrected chi connectivity index (χ3v) is 6.96. The van der Waals surface area contributed by atoms with Crippen molar-refractivity contribution in [2.24, 2.45) is 0 Å². The summed E-state index contributed by atoms with van der Waals surface area (Å²) >= 11 is 0. The number of hydrogen-bond acceptors (Lipinski definition) is 5. The monoisotopic (exact) mass is 431 g/mol. The van der Waals surface area contributed by atoms with Crippen LogP contribution in [0.2, 0.25) is 0 Å².